The van der Waals surface area contributed by atoms with Crippen LogP contribution in [0.2, 0.25) is 0 Å². The SMILES string of the molecule is CC[C@H](C)[C@@H](CC=O)OC(=O)c1ccc(OC)cc1. The third-order valence-corrected chi connectivity index (χ3v) is 3.19. The highest BCUT2D eigenvalue weighted by molar-refractivity contribution is 5.89. The molecule has 0 unspecified atom stereocenters. The minimum absolute atomic E-state index is 0.160. The highest BCUT2D eigenvalue weighted by Crippen LogP contribution is 2.18. The van der Waals surface area contributed by atoms with Crippen molar-refractivity contribution in [3.05, 3.63) is 29.8 Å². The van der Waals surface area contributed by atoms with E-state index in [1.165, 1.54) is 0 Å². The van der Waals surface area contributed by atoms with Gasteiger partial charge in [0.15, 0.2) is 0 Å². The van der Waals surface area contributed by atoms with Crippen LogP contribution in [0.25, 0.3) is 0 Å². The Balaban J connectivity index is 2.72. The van der Waals surface area contributed by atoms with E-state index in [-0.39, 0.29) is 18.4 Å². The maximum absolute atomic E-state index is 12.0. The fourth-order valence-corrected chi connectivity index (χ4v) is 1.69. The number of ether oxygens (including phenoxy) is 2. The van der Waals surface area contributed by atoms with Gasteiger partial charge in [-0.05, 0) is 30.2 Å². The summed E-state index contributed by atoms with van der Waals surface area (Å²) in [7, 11) is 1.57. The van der Waals surface area contributed by atoms with Crippen LogP contribution in [0.3, 0.4) is 0 Å². The highest BCUT2D eigenvalue weighted by Gasteiger charge is 2.20. The predicted octanol–water partition coefficient (Wildman–Crippen LogP) is 2.86. The van der Waals surface area contributed by atoms with E-state index in [0.717, 1.165) is 12.7 Å². The van der Waals surface area contributed by atoms with Gasteiger partial charge in [-0.25, -0.2) is 4.79 Å². The van der Waals surface area contributed by atoms with Gasteiger partial charge in [0.25, 0.3) is 0 Å². The van der Waals surface area contributed by atoms with E-state index in [1.54, 1.807) is 31.4 Å². The maximum Gasteiger partial charge on any atom is 0.338 e. The summed E-state index contributed by atoms with van der Waals surface area (Å²) in [5.41, 5.74) is 0.458. The van der Waals surface area contributed by atoms with Gasteiger partial charge in [-0.15, -0.1) is 0 Å². The first-order chi connectivity index (χ1) is 9.12. The molecule has 0 bridgehead atoms. The molecule has 2 atom stereocenters. The topological polar surface area (TPSA) is 52.6 Å². The first-order valence-electron chi connectivity index (χ1n) is 6.41. The Hall–Kier alpha value is -1.84. The largest absolute Gasteiger partial charge is 0.497 e. The third kappa shape index (κ3) is 4.39. The number of aldehydes is 1. The zero-order valence-electron chi connectivity index (χ0n) is 11.6. The van der Waals surface area contributed by atoms with Crippen LogP contribution in [0.15, 0.2) is 24.3 Å². The van der Waals surface area contributed by atoms with Crippen molar-refractivity contribution >= 4 is 12.3 Å². The number of esters is 1. The van der Waals surface area contributed by atoms with E-state index in [9.17, 15) is 9.59 Å². The lowest BCUT2D eigenvalue weighted by molar-refractivity contribution is -0.110. The molecule has 4 nitrogen and oxygen atoms in total. The van der Waals surface area contributed by atoms with E-state index in [1.807, 2.05) is 13.8 Å². The van der Waals surface area contributed by atoms with Crippen molar-refractivity contribution in [3.63, 3.8) is 0 Å². The van der Waals surface area contributed by atoms with E-state index >= 15 is 0 Å². The van der Waals surface area contributed by atoms with E-state index < -0.39 is 5.97 Å². The number of carbonyl (C=O) groups excluding carboxylic acids is 2. The van der Waals surface area contributed by atoms with Gasteiger partial charge in [-0.2, -0.15) is 0 Å². The average Bonchev–Trinajstić information content (AvgIpc) is 2.46. The lowest BCUT2D eigenvalue weighted by atomic mass is 9.99. The predicted molar refractivity (Wildman–Crippen MR) is 72.3 cm³/mol. The summed E-state index contributed by atoms with van der Waals surface area (Å²) in [6.45, 7) is 3.97. The molecule has 0 aliphatic carbocycles. The Morgan fingerprint density at radius 3 is 2.42 bits per heavy atom. The first-order valence-corrected chi connectivity index (χ1v) is 6.41. The Kier molecular flexibility index (Phi) is 6.06. The smallest absolute Gasteiger partial charge is 0.338 e. The fourth-order valence-electron chi connectivity index (χ4n) is 1.69. The lowest BCUT2D eigenvalue weighted by Gasteiger charge is -2.21. The molecule has 0 saturated heterocycles. The Bertz CT molecular complexity index is 411. The van der Waals surface area contributed by atoms with E-state index in [2.05, 4.69) is 0 Å². The van der Waals surface area contributed by atoms with Crippen molar-refractivity contribution in [1.29, 1.82) is 0 Å². The summed E-state index contributed by atoms with van der Waals surface area (Å²) in [5, 5.41) is 0. The molecular formula is C15H20O4. The van der Waals surface area contributed by atoms with Crippen LogP contribution in [-0.2, 0) is 9.53 Å². The molecule has 0 aromatic heterocycles. The van der Waals surface area contributed by atoms with Gasteiger partial charge in [-0.1, -0.05) is 20.3 Å². The van der Waals surface area contributed by atoms with Crippen LogP contribution in [0.4, 0.5) is 0 Å². The summed E-state index contributed by atoms with van der Waals surface area (Å²) in [5.74, 6) is 0.435. The first kappa shape index (κ1) is 15.2. The zero-order valence-corrected chi connectivity index (χ0v) is 11.6. The number of methoxy groups -OCH3 is 1. The Morgan fingerprint density at radius 1 is 1.32 bits per heavy atom. The summed E-state index contributed by atoms with van der Waals surface area (Å²) in [6.07, 6.45) is 1.51. The molecule has 104 valence electrons. The van der Waals surface area contributed by atoms with Crippen LogP contribution in [0.5, 0.6) is 5.75 Å². The molecule has 0 saturated carbocycles. The van der Waals surface area contributed by atoms with Gasteiger partial charge in [0, 0.05) is 6.42 Å². The standard InChI is InChI=1S/C15H20O4/c1-4-11(2)14(9-10-16)19-15(17)12-5-7-13(18-3)8-6-12/h5-8,10-11,14H,4,9H2,1-3H3/t11-,14+/m0/s1. The molecule has 0 N–H and O–H groups in total. The molecule has 1 aromatic rings. The molecule has 0 amide bonds. The molecular weight excluding hydrogens is 244 g/mol. The van der Waals surface area contributed by atoms with Crippen LogP contribution < -0.4 is 4.74 Å². The number of carbonyl (C=O) groups is 2. The zero-order chi connectivity index (χ0) is 14.3. The minimum atomic E-state index is -0.408. The van der Waals surface area contributed by atoms with Crippen molar-refractivity contribution in [2.75, 3.05) is 7.11 Å². The van der Waals surface area contributed by atoms with E-state index in [0.29, 0.717) is 11.3 Å². The minimum Gasteiger partial charge on any atom is -0.497 e. The maximum atomic E-state index is 12.0. The van der Waals surface area contributed by atoms with Crippen LogP contribution in [0.1, 0.15) is 37.0 Å². The quantitative estimate of drug-likeness (QED) is 0.561. The third-order valence-electron chi connectivity index (χ3n) is 3.19. The molecule has 1 rings (SSSR count). The van der Waals surface area contributed by atoms with Crippen molar-refractivity contribution < 1.29 is 19.1 Å². The van der Waals surface area contributed by atoms with Gasteiger partial charge < -0.3 is 14.3 Å². The highest BCUT2D eigenvalue weighted by atomic mass is 16.5. The Morgan fingerprint density at radius 2 is 1.95 bits per heavy atom. The molecule has 0 fully saturated rings. The van der Waals surface area contributed by atoms with Gasteiger partial charge in [-0.3, -0.25) is 0 Å². The van der Waals surface area contributed by atoms with Crippen molar-refractivity contribution in [2.24, 2.45) is 5.92 Å². The number of benzene rings is 1. The molecule has 4 heteroatoms. The van der Waals surface area contributed by atoms with E-state index in [4.69, 9.17) is 9.47 Å². The molecule has 0 aliphatic rings. The second-order valence-electron chi connectivity index (χ2n) is 4.46. The second-order valence-corrected chi connectivity index (χ2v) is 4.46. The van der Waals surface area contributed by atoms with Gasteiger partial charge >= 0.3 is 5.97 Å². The van der Waals surface area contributed by atoms with Gasteiger partial charge in [0.05, 0.1) is 12.7 Å². The van der Waals surface area contributed by atoms with Crippen LogP contribution >= 0.6 is 0 Å². The summed E-state index contributed by atoms with van der Waals surface area (Å²) in [4.78, 5) is 22.6. The molecule has 0 heterocycles. The number of hydrogen-bond donors (Lipinski definition) is 0. The number of rotatable bonds is 7. The normalized spacial score (nSPS) is 13.4. The lowest BCUT2D eigenvalue weighted by Crippen LogP contribution is -2.25. The van der Waals surface area contributed by atoms with Crippen LogP contribution in [0, 0.1) is 5.92 Å². The molecule has 19 heavy (non-hydrogen) atoms. The second kappa shape index (κ2) is 7.56. The van der Waals surface area contributed by atoms with Crippen molar-refractivity contribution in [2.45, 2.75) is 32.8 Å². The van der Waals surface area contributed by atoms with Gasteiger partial charge in [0.1, 0.15) is 18.1 Å². The fraction of sp³-hybridized carbons (Fsp3) is 0.467. The Labute approximate surface area is 113 Å². The van der Waals surface area contributed by atoms with Gasteiger partial charge in [0.2, 0.25) is 0 Å². The molecule has 0 radical (unpaired) electrons. The molecule has 0 aliphatic heterocycles. The molecule has 0 spiro atoms. The summed E-state index contributed by atoms with van der Waals surface area (Å²) < 4.78 is 10.4. The summed E-state index contributed by atoms with van der Waals surface area (Å²) in [6, 6.07) is 6.70. The number of hydrogen-bond acceptors (Lipinski definition) is 4. The molecule has 1 aromatic carbocycles. The van der Waals surface area contributed by atoms with Crippen molar-refractivity contribution in [3.8, 4) is 5.75 Å². The monoisotopic (exact) mass is 264 g/mol. The van der Waals surface area contributed by atoms with Crippen molar-refractivity contribution in [1.82, 2.24) is 0 Å². The van der Waals surface area contributed by atoms with Crippen LogP contribution in [-0.4, -0.2) is 25.5 Å². The summed E-state index contributed by atoms with van der Waals surface area (Å²) >= 11 is 0. The average molecular weight is 264 g/mol.